The van der Waals surface area contributed by atoms with E-state index in [1.807, 2.05) is 45.9 Å². The van der Waals surface area contributed by atoms with Crippen molar-refractivity contribution in [2.75, 3.05) is 6.54 Å². The highest BCUT2D eigenvalue weighted by Crippen LogP contribution is 2.43. The number of hydrogen-bond donors (Lipinski definition) is 2. The number of ether oxygens (including phenoxy) is 1. The molecule has 3 aliphatic rings. The van der Waals surface area contributed by atoms with Crippen molar-refractivity contribution in [3.63, 3.8) is 0 Å². The summed E-state index contributed by atoms with van der Waals surface area (Å²) in [6.45, 7) is 7.92. The molecule has 0 radical (unpaired) electrons. The van der Waals surface area contributed by atoms with E-state index in [2.05, 4.69) is 15.3 Å². The van der Waals surface area contributed by atoms with Crippen molar-refractivity contribution in [2.45, 2.75) is 70.8 Å². The van der Waals surface area contributed by atoms with E-state index in [1.165, 1.54) is 11.0 Å². The van der Waals surface area contributed by atoms with Crippen LogP contribution in [0.15, 0.2) is 59.9 Å². The second-order valence-corrected chi connectivity index (χ2v) is 10.1. The van der Waals surface area contributed by atoms with Crippen molar-refractivity contribution in [2.24, 2.45) is 22.6 Å². The maximum absolute atomic E-state index is 13.3. The van der Waals surface area contributed by atoms with Crippen LogP contribution in [0.5, 0.6) is 5.75 Å². The number of benzene rings is 1. The zero-order valence-corrected chi connectivity index (χ0v) is 22.6. The van der Waals surface area contributed by atoms with Crippen LogP contribution in [0.1, 0.15) is 58.6 Å². The molecule has 11 heteroatoms. The fourth-order valence-electron chi connectivity index (χ4n) is 4.55. The van der Waals surface area contributed by atoms with Gasteiger partial charge in [-0.15, -0.1) is 0 Å². The minimum atomic E-state index is -4.53. The topological polar surface area (TPSA) is 110 Å². The normalized spacial score (nSPS) is 24.8. The minimum Gasteiger partial charge on any atom is -0.480 e. The number of hydrogen-bond acceptors (Lipinski definition) is 6. The van der Waals surface area contributed by atoms with Gasteiger partial charge in [-0.2, -0.15) is 13.2 Å². The van der Waals surface area contributed by atoms with E-state index in [0.29, 0.717) is 12.0 Å². The fraction of sp³-hybridized carbons (Fsp3) is 0.500. The molecule has 212 valence electrons. The quantitative estimate of drug-likeness (QED) is 0.580. The Hall–Kier alpha value is -3.63. The van der Waals surface area contributed by atoms with Crippen LogP contribution in [-0.4, -0.2) is 52.0 Å². The van der Waals surface area contributed by atoms with Crippen molar-refractivity contribution in [3.05, 3.63) is 60.4 Å². The molecule has 39 heavy (non-hydrogen) atoms. The molecule has 1 saturated carbocycles. The van der Waals surface area contributed by atoms with Crippen LogP contribution in [0, 0.1) is 11.8 Å². The number of carbonyl (C=O) groups is 2. The lowest BCUT2D eigenvalue weighted by Gasteiger charge is -2.34. The molecule has 2 aromatic rings. The highest BCUT2D eigenvalue weighted by Gasteiger charge is 2.49. The smallest absolute Gasteiger partial charge is 0.425 e. The van der Waals surface area contributed by atoms with Gasteiger partial charge in [0.05, 0.1) is 18.0 Å². The number of nitrogens with zero attached hydrogens (tertiary/aromatic N) is 3. The van der Waals surface area contributed by atoms with Gasteiger partial charge in [0.25, 0.3) is 0 Å². The van der Waals surface area contributed by atoms with E-state index in [4.69, 9.17) is 10.5 Å². The van der Waals surface area contributed by atoms with Crippen molar-refractivity contribution in [1.82, 2.24) is 15.2 Å². The number of aliphatic imine (C=N–C) groups is 1. The number of halogens is 3. The lowest BCUT2D eigenvalue weighted by atomic mass is 9.96. The zero-order chi connectivity index (χ0) is 28.8. The lowest BCUT2D eigenvalue weighted by Crippen LogP contribution is -2.50. The zero-order valence-electron chi connectivity index (χ0n) is 22.6. The predicted octanol–water partition coefficient (Wildman–Crippen LogP) is 4.63. The third kappa shape index (κ3) is 7.93. The number of para-hydroxylation sites is 1. The van der Waals surface area contributed by atoms with Crippen molar-refractivity contribution in [1.29, 1.82) is 0 Å². The Morgan fingerprint density at radius 2 is 1.79 bits per heavy atom. The van der Waals surface area contributed by atoms with Crippen LogP contribution in [-0.2, 0) is 9.59 Å². The van der Waals surface area contributed by atoms with Crippen LogP contribution in [0.4, 0.5) is 13.2 Å². The number of carbonyl (C=O) groups excluding carboxylic acids is 2. The van der Waals surface area contributed by atoms with E-state index >= 15 is 0 Å². The van der Waals surface area contributed by atoms with Crippen molar-refractivity contribution in [3.8, 4) is 5.75 Å². The van der Waals surface area contributed by atoms with Gasteiger partial charge >= 0.3 is 6.18 Å². The summed E-state index contributed by atoms with van der Waals surface area (Å²) in [6.07, 6.45) is -2.62. The van der Waals surface area contributed by atoms with Gasteiger partial charge in [0, 0.05) is 36.8 Å². The van der Waals surface area contributed by atoms with Gasteiger partial charge in [0.1, 0.15) is 5.75 Å². The highest BCUT2D eigenvalue weighted by molar-refractivity contribution is 5.99. The maximum Gasteiger partial charge on any atom is 0.425 e. The Morgan fingerprint density at radius 3 is 2.36 bits per heavy atom. The molecule has 2 aliphatic heterocycles. The largest absolute Gasteiger partial charge is 0.480 e. The molecule has 4 atom stereocenters. The third-order valence-electron chi connectivity index (χ3n) is 6.52. The van der Waals surface area contributed by atoms with E-state index in [0.717, 1.165) is 0 Å². The summed E-state index contributed by atoms with van der Waals surface area (Å²) < 4.78 is 44.9. The molecule has 3 N–H and O–H groups in total. The van der Waals surface area contributed by atoms with E-state index in [9.17, 15) is 22.8 Å². The number of rotatable bonds is 4. The number of fused-ring (bicyclic) bond motifs is 1. The van der Waals surface area contributed by atoms with Gasteiger partial charge in [-0.1, -0.05) is 38.1 Å². The Labute approximate surface area is 226 Å². The molecule has 0 spiro atoms. The van der Waals surface area contributed by atoms with Crippen LogP contribution in [0.3, 0.4) is 0 Å². The van der Waals surface area contributed by atoms with Gasteiger partial charge in [0.15, 0.2) is 12.1 Å². The van der Waals surface area contributed by atoms with E-state index in [1.54, 1.807) is 30.6 Å². The van der Waals surface area contributed by atoms with Gasteiger partial charge in [-0.05, 0) is 44.4 Å². The second kappa shape index (κ2) is 12.5. The third-order valence-corrected chi connectivity index (χ3v) is 6.52. The Bertz CT molecular complexity index is 1130. The van der Waals surface area contributed by atoms with Crippen LogP contribution < -0.4 is 15.8 Å². The summed E-state index contributed by atoms with van der Waals surface area (Å²) in [5, 5.41) is 2.76. The number of guanidine groups is 1. The average Bonchev–Trinajstić information content (AvgIpc) is 3.67. The van der Waals surface area contributed by atoms with Gasteiger partial charge < -0.3 is 15.8 Å². The first-order valence-corrected chi connectivity index (χ1v) is 13.1. The SMILES string of the molecule is CC.CC1(C)CC(=O)N(C[C@H]2CC2C(=O)N[C@H]2C[C@@H](C(F)(F)F)Oc3ccccc32)C(N)=N1.c1ccncc1. The molecule has 1 aromatic heterocycles. The first-order chi connectivity index (χ1) is 18.4. The maximum atomic E-state index is 13.3. The summed E-state index contributed by atoms with van der Waals surface area (Å²) in [4.78, 5) is 34.7. The Balaban J connectivity index is 0.000000457. The molecular formula is C28H36F3N5O3. The summed E-state index contributed by atoms with van der Waals surface area (Å²) in [5.41, 5.74) is 5.91. The molecule has 8 nitrogen and oxygen atoms in total. The first kappa shape index (κ1) is 29.9. The molecule has 0 saturated heterocycles. The van der Waals surface area contributed by atoms with Crippen LogP contribution >= 0.6 is 0 Å². The monoisotopic (exact) mass is 547 g/mol. The van der Waals surface area contributed by atoms with Gasteiger partial charge in [-0.25, -0.2) is 4.99 Å². The van der Waals surface area contributed by atoms with Gasteiger partial charge in [0.2, 0.25) is 11.8 Å². The highest BCUT2D eigenvalue weighted by atomic mass is 19.4. The molecule has 1 aromatic carbocycles. The molecule has 2 amide bonds. The Morgan fingerprint density at radius 1 is 1.13 bits per heavy atom. The summed E-state index contributed by atoms with van der Waals surface area (Å²) in [5.74, 6) is -0.692. The molecule has 5 rings (SSSR count). The molecule has 0 bridgehead atoms. The summed E-state index contributed by atoms with van der Waals surface area (Å²) in [7, 11) is 0. The molecule has 1 unspecified atom stereocenters. The lowest BCUT2D eigenvalue weighted by molar-refractivity contribution is -0.201. The van der Waals surface area contributed by atoms with E-state index in [-0.39, 0.29) is 54.7 Å². The van der Waals surface area contributed by atoms with Crippen molar-refractivity contribution < 1.29 is 27.5 Å². The number of nitrogens with one attached hydrogen (secondary N) is 1. The molecule has 1 aliphatic carbocycles. The first-order valence-electron chi connectivity index (χ1n) is 13.1. The van der Waals surface area contributed by atoms with Gasteiger partial charge in [-0.3, -0.25) is 19.5 Å². The number of amides is 2. The number of alkyl halides is 3. The van der Waals surface area contributed by atoms with Crippen LogP contribution in [0.25, 0.3) is 0 Å². The minimum absolute atomic E-state index is 0.104. The second-order valence-electron chi connectivity index (χ2n) is 10.1. The predicted molar refractivity (Wildman–Crippen MR) is 142 cm³/mol. The molecule has 1 fully saturated rings. The van der Waals surface area contributed by atoms with Crippen molar-refractivity contribution >= 4 is 17.8 Å². The molecule has 3 heterocycles. The number of aromatic nitrogens is 1. The number of nitrogens with two attached hydrogens (primary N) is 1. The average molecular weight is 548 g/mol. The fourth-order valence-corrected chi connectivity index (χ4v) is 4.55. The Kier molecular flexibility index (Phi) is 9.58. The summed E-state index contributed by atoms with van der Waals surface area (Å²) >= 11 is 0. The standard InChI is InChI=1S/C21H25F3N4O3.C5H5N.C2H6/c1-20(2)9-17(29)28(19(25)27-20)10-11-7-13(11)18(30)26-14-8-16(21(22,23)24)31-15-6-4-3-5-12(14)15;1-2-4-6-5-3-1;1-2/h3-6,11,13-14,16H,7-10H2,1-2H3,(H2,25,27)(H,26,30);1-5H;1-2H3/t11-,13?,14+,16+;;/m1../s1. The van der Waals surface area contributed by atoms with E-state index < -0.39 is 23.9 Å². The number of pyridine rings is 1. The van der Waals surface area contributed by atoms with Crippen LogP contribution in [0.2, 0.25) is 0 Å². The molecular weight excluding hydrogens is 511 g/mol. The summed E-state index contributed by atoms with van der Waals surface area (Å²) in [6, 6.07) is 11.3.